The Hall–Kier alpha value is -0.516. The van der Waals surface area contributed by atoms with Gasteiger partial charge in [0, 0.05) is 6.08 Å². The minimum Gasteiger partial charge on any atom is -0.486 e. The van der Waals surface area contributed by atoms with E-state index in [1.165, 1.54) is 6.08 Å². The Balaban J connectivity index is 2.48. The van der Waals surface area contributed by atoms with Gasteiger partial charge in [0.1, 0.15) is 30.4 Å². The Morgan fingerprint density at radius 3 is 1.90 bits per heavy atom. The van der Waals surface area contributed by atoms with Crippen LogP contribution in [0.4, 0.5) is 0 Å². The maximum atomic E-state index is 11.5. The van der Waals surface area contributed by atoms with Crippen LogP contribution in [0, 0.1) is 0 Å². The molecule has 0 amide bonds. The fraction of sp³-hybridized carbons (Fsp3) is 0.870. The number of rotatable bonds is 6. The Morgan fingerprint density at radius 2 is 1.48 bits per heavy atom. The highest BCUT2D eigenvalue weighted by Gasteiger charge is 2.56. The van der Waals surface area contributed by atoms with Crippen LogP contribution < -0.4 is 0 Å². The van der Waals surface area contributed by atoms with Gasteiger partial charge in [-0.15, -0.1) is 0 Å². The Bertz CT molecular complexity index is 687. The zero-order valence-electron chi connectivity index (χ0n) is 21.6. The zero-order chi connectivity index (χ0) is 24.0. The quantitative estimate of drug-likeness (QED) is 0.293. The van der Waals surface area contributed by atoms with Gasteiger partial charge >= 0.3 is 0 Å². The lowest BCUT2D eigenvalue weighted by molar-refractivity contribution is -0.156. The molecule has 0 spiro atoms. The van der Waals surface area contributed by atoms with Crippen molar-refractivity contribution in [2.24, 2.45) is 0 Å². The summed E-state index contributed by atoms with van der Waals surface area (Å²) in [6, 6.07) is 0. The Morgan fingerprint density at radius 1 is 0.968 bits per heavy atom. The van der Waals surface area contributed by atoms with Gasteiger partial charge in [-0.05, 0) is 50.1 Å². The SMILES string of the molecule is CC1(C)OC[C@H]([C@H]2O/C(=C\C=O)[C@H](O[Si](C)(C)C(C)(C)C)[C@H]2O[Si](C)(C)C(C)(C)C)O1. The molecule has 0 aliphatic carbocycles. The third kappa shape index (κ3) is 5.89. The fourth-order valence-electron chi connectivity index (χ4n) is 3.26. The highest BCUT2D eigenvalue weighted by Crippen LogP contribution is 2.45. The van der Waals surface area contributed by atoms with E-state index < -0.39 is 34.6 Å². The normalized spacial score (nSPS) is 31.2. The monoisotopic (exact) mass is 472 g/mol. The minimum absolute atomic E-state index is 0.00780. The number of hydrogen-bond acceptors (Lipinski definition) is 6. The number of hydrogen-bond donors (Lipinski definition) is 0. The van der Waals surface area contributed by atoms with Gasteiger partial charge in [0.2, 0.25) is 0 Å². The van der Waals surface area contributed by atoms with E-state index in [1.807, 2.05) is 13.8 Å². The van der Waals surface area contributed by atoms with E-state index in [0.717, 1.165) is 6.29 Å². The molecule has 31 heavy (non-hydrogen) atoms. The van der Waals surface area contributed by atoms with Gasteiger partial charge < -0.3 is 23.1 Å². The number of carbonyl (C=O) groups is 1. The van der Waals surface area contributed by atoms with Crippen molar-refractivity contribution < 1.29 is 27.9 Å². The van der Waals surface area contributed by atoms with Crippen molar-refractivity contribution in [2.45, 2.75) is 122 Å². The van der Waals surface area contributed by atoms with Crippen LogP contribution in [0.1, 0.15) is 55.4 Å². The van der Waals surface area contributed by atoms with Crippen LogP contribution in [-0.4, -0.2) is 59.7 Å². The van der Waals surface area contributed by atoms with E-state index in [4.69, 9.17) is 23.1 Å². The summed E-state index contributed by atoms with van der Waals surface area (Å²) in [7, 11) is -4.35. The van der Waals surface area contributed by atoms with Crippen molar-refractivity contribution in [3.05, 3.63) is 11.8 Å². The lowest BCUT2D eigenvalue weighted by Crippen LogP contribution is -2.54. The van der Waals surface area contributed by atoms with E-state index in [1.54, 1.807) is 0 Å². The first-order chi connectivity index (χ1) is 13.8. The lowest BCUT2D eigenvalue weighted by atomic mass is 10.1. The summed E-state index contributed by atoms with van der Waals surface area (Å²) in [6.07, 6.45) is 0.714. The summed E-state index contributed by atoms with van der Waals surface area (Å²) in [4.78, 5) is 11.5. The molecule has 180 valence electrons. The molecular weight excluding hydrogens is 428 g/mol. The summed E-state index contributed by atoms with van der Waals surface area (Å²) in [6.45, 7) is 26.3. The van der Waals surface area contributed by atoms with E-state index >= 15 is 0 Å². The molecule has 0 aromatic rings. The molecule has 0 unspecified atom stereocenters. The van der Waals surface area contributed by atoms with Gasteiger partial charge in [-0.1, -0.05) is 41.5 Å². The first-order valence-electron chi connectivity index (χ1n) is 11.3. The van der Waals surface area contributed by atoms with Crippen molar-refractivity contribution in [2.75, 3.05) is 6.61 Å². The van der Waals surface area contributed by atoms with Crippen molar-refractivity contribution in [1.82, 2.24) is 0 Å². The summed E-state index contributed by atoms with van der Waals surface area (Å²) >= 11 is 0. The molecule has 8 heteroatoms. The second-order valence-corrected chi connectivity index (χ2v) is 21.8. The van der Waals surface area contributed by atoms with Crippen LogP contribution in [0.25, 0.3) is 0 Å². The standard InChI is InChI=1S/C23H44O6Si2/c1-21(2,3)30(9,10)28-19-16(13-14-24)26-18(17-15-25-23(7,8)27-17)20(19)29-31(11,12)22(4,5)6/h13-14,17-20H,15H2,1-12H3/b16-13-/t17-,18-,19+,20+/m1/s1. The predicted octanol–water partition coefficient (Wildman–Crippen LogP) is 5.40. The maximum Gasteiger partial charge on any atom is 0.193 e. The van der Waals surface area contributed by atoms with Crippen LogP contribution in [0.5, 0.6) is 0 Å². The van der Waals surface area contributed by atoms with Gasteiger partial charge in [-0.3, -0.25) is 4.79 Å². The molecule has 0 radical (unpaired) electrons. The summed E-state index contributed by atoms with van der Waals surface area (Å²) in [5.74, 6) is -0.149. The number of ether oxygens (including phenoxy) is 3. The van der Waals surface area contributed by atoms with Gasteiger partial charge in [0.25, 0.3) is 0 Å². The zero-order valence-corrected chi connectivity index (χ0v) is 23.6. The molecule has 2 fully saturated rings. The summed E-state index contributed by atoms with van der Waals surface area (Å²) in [5, 5.41) is 0.0242. The van der Waals surface area contributed by atoms with Gasteiger partial charge in [-0.25, -0.2) is 0 Å². The van der Waals surface area contributed by atoms with Crippen LogP contribution in [0.2, 0.25) is 36.3 Å². The van der Waals surface area contributed by atoms with Crippen LogP contribution in [0.3, 0.4) is 0 Å². The molecule has 2 aliphatic heterocycles. The fourth-order valence-corrected chi connectivity index (χ4v) is 5.79. The van der Waals surface area contributed by atoms with Crippen LogP contribution >= 0.6 is 0 Å². The van der Waals surface area contributed by atoms with E-state index in [2.05, 4.69) is 67.7 Å². The Labute approximate surface area is 191 Å². The maximum absolute atomic E-state index is 11.5. The molecule has 2 rings (SSSR count). The van der Waals surface area contributed by atoms with Gasteiger partial charge in [0.15, 0.2) is 28.5 Å². The molecule has 4 atom stereocenters. The molecule has 0 bridgehead atoms. The molecule has 6 nitrogen and oxygen atoms in total. The largest absolute Gasteiger partial charge is 0.486 e. The van der Waals surface area contributed by atoms with E-state index in [-0.39, 0.29) is 22.3 Å². The third-order valence-electron chi connectivity index (χ3n) is 7.27. The van der Waals surface area contributed by atoms with Crippen LogP contribution in [0.15, 0.2) is 11.8 Å². The predicted molar refractivity (Wildman–Crippen MR) is 128 cm³/mol. The molecule has 0 saturated carbocycles. The highest BCUT2D eigenvalue weighted by molar-refractivity contribution is 6.74. The van der Waals surface area contributed by atoms with Crippen molar-refractivity contribution in [3.8, 4) is 0 Å². The molecule has 0 N–H and O–H groups in total. The third-order valence-corrected chi connectivity index (χ3v) is 16.2. The average Bonchev–Trinajstić information content (AvgIpc) is 3.06. The first kappa shape index (κ1) is 26.7. The highest BCUT2D eigenvalue weighted by atomic mass is 28.4. The lowest BCUT2D eigenvalue weighted by Gasteiger charge is -2.43. The van der Waals surface area contributed by atoms with Crippen molar-refractivity contribution >= 4 is 22.9 Å². The van der Waals surface area contributed by atoms with E-state index in [9.17, 15) is 4.79 Å². The molecule has 2 heterocycles. The number of aldehydes is 1. The number of carbonyl (C=O) groups excluding carboxylic acids is 1. The first-order valence-corrected chi connectivity index (χ1v) is 17.1. The van der Waals surface area contributed by atoms with E-state index in [0.29, 0.717) is 12.4 Å². The molecule has 2 aliphatic rings. The molecule has 0 aromatic carbocycles. The van der Waals surface area contributed by atoms with Crippen molar-refractivity contribution in [3.63, 3.8) is 0 Å². The van der Waals surface area contributed by atoms with Gasteiger partial charge in [-0.2, -0.15) is 0 Å². The number of allylic oxidation sites excluding steroid dienone is 1. The minimum atomic E-state index is -2.17. The molecule has 0 aromatic heterocycles. The van der Waals surface area contributed by atoms with Crippen molar-refractivity contribution in [1.29, 1.82) is 0 Å². The average molecular weight is 473 g/mol. The topological polar surface area (TPSA) is 63.2 Å². The van der Waals surface area contributed by atoms with Gasteiger partial charge in [0.05, 0.1) is 6.61 Å². The second-order valence-electron chi connectivity index (χ2n) is 12.3. The molecule has 2 saturated heterocycles. The summed E-state index contributed by atoms with van der Waals surface area (Å²) in [5.41, 5.74) is 0. The second kappa shape index (κ2) is 8.68. The van der Waals surface area contributed by atoms with Crippen LogP contribution in [-0.2, 0) is 27.9 Å². The smallest absolute Gasteiger partial charge is 0.193 e. The summed E-state index contributed by atoms with van der Waals surface area (Å²) < 4.78 is 32.1. The Kier molecular flexibility index (Phi) is 7.49. The molecular formula is C23H44O6Si2.